The second-order valence-corrected chi connectivity index (χ2v) is 6.62. The Balaban J connectivity index is 1.68. The molecule has 1 aromatic heterocycles. The third kappa shape index (κ3) is 3.97. The summed E-state index contributed by atoms with van der Waals surface area (Å²) in [5.41, 5.74) is 1.41. The minimum Gasteiger partial charge on any atom is -0.496 e. The van der Waals surface area contributed by atoms with E-state index in [1.807, 2.05) is 0 Å². The molecule has 25 heavy (non-hydrogen) atoms. The van der Waals surface area contributed by atoms with Crippen molar-refractivity contribution in [3.63, 3.8) is 0 Å². The number of hydrogen-bond donors (Lipinski definition) is 0. The summed E-state index contributed by atoms with van der Waals surface area (Å²) in [5.74, 6) is 0.132. The number of hydrogen-bond acceptors (Lipinski definition) is 6. The van der Waals surface area contributed by atoms with E-state index in [9.17, 15) is 14.9 Å². The van der Waals surface area contributed by atoms with Crippen LogP contribution in [0.2, 0.25) is 0 Å². The van der Waals surface area contributed by atoms with Crippen molar-refractivity contribution in [2.45, 2.75) is 6.54 Å². The van der Waals surface area contributed by atoms with Crippen LogP contribution >= 0.6 is 11.3 Å². The van der Waals surface area contributed by atoms with E-state index in [2.05, 4.69) is 21.7 Å². The van der Waals surface area contributed by atoms with Crippen molar-refractivity contribution >= 4 is 22.9 Å². The minimum atomic E-state index is -0.505. The van der Waals surface area contributed by atoms with Crippen LogP contribution in [0.15, 0.2) is 35.0 Å². The molecule has 1 saturated heterocycles. The van der Waals surface area contributed by atoms with Crippen molar-refractivity contribution < 1.29 is 14.5 Å². The van der Waals surface area contributed by atoms with E-state index in [1.54, 1.807) is 16.2 Å². The fraction of sp³-hybridized carbons (Fsp3) is 0.353. The van der Waals surface area contributed by atoms with Crippen molar-refractivity contribution in [1.82, 2.24) is 9.80 Å². The highest BCUT2D eigenvalue weighted by Crippen LogP contribution is 2.26. The Kier molecular flexibility index (Phi) is 5.30. The summed E-state index contributed by atoms with van der Waals surface area (Å²) < 4.78 is 5.20. The molecule has 0 atom stereocenters. The Morgan fingerprint density at radius 1 is 1.28 bits per heavy atom. The van der Waals surface area contributed by atoms with Gasteiger partial charge in [-0.15, -0.1) is 0 Å². The molecular formula is C17H19N3O4S. The first-order valence-corrected chi connectivity index (χ1v) is 8.88. The normalized spacial score (nSPS) is 15.2. The molecule has 0 unspecified atom stereocenters. The van der Waals surface area contributed by atoms with Gasteiger partial charge in [0, 0.05) is 44.9 Å². The summed E-state index contributed by atoms with van der Waals surface area (Å²) in [5, 5.41) is 15.2. The molecule has 3 rings (SSSR count). The van der Waals surface area contributed by atoms with Gasteiger partial charge < -0.3 is 9.64 Å². The number of methoxy groups -OCH3 is 1. The van der Waals surface area contributed by atoms with Gasteiger partial charge in [-0.3, -0.25) is 19.8 Å². The van der Waals surface area contributed by atoms with Crippen LogP contribution in [-0.4, -0.2) is 53.9 Å². The molecule has 1 aliphatic rings. The van der Waals surface area contributed by atoms with Crippen molar-refractivity contribution in [2.75, 3.05) is 33.3 Å². The van der Waals surface area contributed by atoms with Gasteiger partial charge in [0.25, 0.3) is 11.6 Å². The van der Waals surface area contributed by atoms with Crippen molar-refractivity contribution in [3.05, 3.63) is 56.3 Å². The first kappa shape index (κ1) is 17.4. The van der Waals surface area contributed by atoms with E-state index in [4.69, 9.17) is 4.74 Å². The van der Waals surface area contributed by atoms with Crippen LogP contribution in [0.1, 0.15) is 15.9 Å². The smallest absolute Gasteiger partial charge is 0.270 e. The van der Waals surface area contributed by atoms with Gasteiger partial charge in [-0.2, -0.15) is 11.3 Å². The maximum atomic E-state index is 12.8. The van der Waals surface area contributed by atoms with Crippen molar-refractivity contribution in [1.29, 1.82) is 0 Å². The lowest BCUT2D eigenvalue weighted by Crippen LogP contribution is -2.48. The molecule has 0 bridgehead atoms. The number of piperazine rings is 1. The Bertz CT molecular complexity index is 755. The Hall–Kier alpha value is -2.45. The van der Waals surface area contributed by atoms with Crippen LogP contribution in [0, 0.1) is 10.1 Å². The lowest BCUT2D eigenvalue weighted by Gasteiger charge is -2.34. The van der Waals surface area contributed by atoms with Gasteiger partial charge in [-0.1, -0.05) is 0 Å². The van der Waals surface area contributed by atoms with Crippen LogP contribution < -0.4 is 4.74 Å². The third-order valence-electron chi connectivity index (χ3n) is 4.27. The molecule has 2 aromatic rings. The molecule has 7 nitrogen and oxygen atoms in total. The topological polar surface area (TPSA) is 75.9 Å². The molecule has 1 aliphatic heterocycles. The highest BCUT2D eigenvalue weighted by atomic mass is 32.1. The van der Waals surface area contributed by atoms with Gasteiger partial charge in [0.1, 0.15) is 5.75 Å². The van der Waals surface area contributed by atoms with Crippen LogP contribution in [0.25, 0.3) is 0 Å². The van der Waals surface area contributed by atoms with Crippen LogP contribution in [0.3, 0.4) is 0 Å². The van der Waals surface area contributed by atoms with Gasteiger partial charge in [0.05, 0.1) is 17.6 Å². The number of nitrogens with zero attached hydrogens (tertiary/aromatic N) is 3. The number of rotatable bonds is 5. The number of non-ortho nitro benzene ring substituents is 1. The predicted octanol–water partition coefficient (Wildman–Crippen LogP) is 2.62. The number of carbonyl (C=O) groups excluding carboxylic acids is 1. The molecule has 2 heterocycles. The van der Waals surface area contributed by atoms with Crippen LogP contribution in [0.4, 0.5) is 5.69 Å². The molecule has 0 spiro atoms. The zero-order valence-corrected chi connectivity index (χ0v) is 14.7. The lowest BCUT2D eigenvalue weighted by atomic mass is 10.1. The number of carbonyl (C=O) groups is 1. The largest absolute Gasteiger partial charge is 0.496 e. The van der Waals surface area contributed by atoms with E-state index >= 15 is 0 Å². The average molecular weight is 361 g/mol. The van der Waals surface area contributed by atoms with E-state index < -0.39 is 4.92 Å². The third-order valence-corrected chi connectivity index (χ3v) is 5.00. The number of nitro benzene ring substituents is 1. The highest BCUT2D eigenvalue weighted by Gasteiger charge is 2.26. The molecule has 1 fully saturated rings. The number of ether oxygens (including phenoxy) is 1. The Labute approximate surface area is 149 Å². The Morgan fingerprint density at radius 3 is 2.64 bits per heavy atom. The van der Waals surface area contributed by atoms with Crippen LogP contribution in [-0.2, 0) is 6.54 Å². The van der Waals surface area contributed by atoms with Gasteiger partial charge in [0.15, 0.2) is 0 Å². The maximum Gasteiger partial charge on any atom is 0.270 e. The molecule has 1 aromatic carbocycles. The molecule has 0 aliphatic carbocycles. The fourth-order valence-electron chi connectivity index (χ4n) is 2.90. The first-order valence-electron chi connectivity index (χ1n) is 7.93. The lowest BCUT2D eigenvalue weighted by molar-refractivity contribution is -0.384. The molecule has 132 valence electrons. The van der Waals surface area contributed by atoms with Crippen molar-refractivity contribution in [3.8, 4) is 5.75 Å². The summed E-state index contributed by atoms with van der Waals surface area (Å²) in [4.78, 5) is 27.3. The SMILES string of the molecule is COc1ccc([N+](=O)[O-])cc1C(=O)N1CCN(Cc2ccsc2)CC1. The van der Waals surface area contributed by atoms with E-state index in [-0.39, 0.29) is 17.2 Å². The van der Waals surface area contributed by atoms with Gasteiger partial charge >= 0.3 is 0 Å². The summed E-state index contributed by atoms with van der Waals surface area (Å²) >= 11 is 1.68. The zero-order valence-electron chi connectivity index (χ0n) is 13.9. The predicted molar refractivity (Wildman–Crippen MR) is 95.1 cm³/mol. The number of benzene rings is 1. The molecule has 8 heteroatoms. The van der Waals surface area contributed by atoms with Crippen LogP contribution in [0.5, 0.6) is 5.75 Å². The maximum absolute atomic E-state index is 12.8. The monoisotopic (exact) mass is 361 g/mol. The highest BCUT2D eigenvalue weighted by molar-refractivity contribution is 7.07. The fourth-order valence-corrected chi connectivity index (χ4v) is 3.56. The molecular weight excluding hydrogens is 342 g/mol. The van der Waals surface area contributed by atoms with Gasteiger partial charge in [-0.25, -0.2) is 0 Å². The Morgan fingerprint density at radius 2 is 2.04 bits per heavy atom. The number of thiophene rings is 1. The number of nitro groups is 1. The molecule has 0 N–H and O–H groups in total. The average Bonchev–Trinajstić information content (AvgIpc) is 3.14. The second-order valence-electron chi connectivity index (χ2n) is 5.84. The van der Waals surface area contributed by atoms with Gasteiger partial charge in [0.2, 0.25) is 0 Å². The summed E-state index contributed by atoms with van der Waals surface area (Å²) in [6.07, 6.45) is 0. The van der Waals surface area contributed by atoms with Crippen molar-refractivity contribution in [2.24, 2.45) is 0 Å². The summed E-state index contributed by atoms with van der Waals surface area (Å²) in [6.45, 7) is 3.62. The quantitative estimate of drug-likeness (QED) is 0.604. The van der Waals surface area contributed by atoms with E-state index in [0.717, 1.165) is 19.6 Å². The molecule has 1 amide bonds. The van der Waals surface area contributed by atoms with E-state index in [1.165, 1.54) is 30.9 Å². The second kappa shape index (κ2) is 7.62. The van der Waals surface area contributed by atoms with Gasteiger partial charge in [-0.05, 0) is 28.5 Å². The standard InChI is InChI=1S/C17H19N3O4S/c1-24-16-3-2-14(20(22)23)10-15(16)17(21)19-7-5-18(6-8-19)11-13-4-9-25-12-13/h2-4,9-10,12H,5-8,11H2,1H3. The molecule has 0 saturated carbocycles. The first-order chi connectivity index (χ1) is 12.1. The zero-order chi connectivity index (χ0) is 17.8. The number of amides is 1. The molecule has 0 radical (unpaired) electrons. The summed E-state index contributed by atoms with van der Waals surface area (Å²) in [7, 11) is 1.46. The minimum absolute atomic E-state index is 0.111. The summed E-state index contributed by atoms with van der Waals surface area (Å²) in [6, 6.07) is 6.21. The van der Waals surface area contributed by atoms with E-state index in [0.29, 0.717) is 18.8 Å².